The molecule has 2 heterocycles. The number of rotatable bonds is 7. The van der Waals surface area contributed by atoms with Gasteiger partial charge in [-0.15, -0.1) is 11.8 Å². The minimum absolute atomic E-state index is 0.0217. The van der Waals surface area contributed by atoms with Crippen molar-refractivity contribution in [3.05, 3.63) is 29.8 Å². The molecule has 1 aromatic carbocycles. The third kappa shape index (κ3) is 7.22. The van der Waals surface area contributed by atoms with Crippen LogP contribution in [0.2, 0.25) is 0 Å². The summed E-state index contributed by atoms with van der Waals surface area (Å²) in [6.45, 7) is 9.36. The number of hydrogen-bond donors (Lipinski definition) is 1. The van der Waals surface area contributed by atoms with Gasteiger partial charge in [-0.25, -0.2) is 0 Å². The molecule has 2 aliphatic heterocycles. The monoisotopic (exact) mass is 448 g/mol. The van der Waals surface area contributed by atoms with Gasteiger partial charge in [0.25, 0.3) is 0 Å². The second kappa shape index (κ2) is 11.5. The molecule has 3 rings (SSSR count). The van der Waals surface area contributed by atoms with Crippen LogP contribution in [0.3, 0.4) is 0 Å². The highest BCUT2D eigenvalue weighted by Crippen LogP contribution is 2.16. The van der Waals surface area contributed by atoms with E-state index in [0.717, 1.165) is 24.3 Å². The van der Waals surface area contributed by atoms with Gasteiger partial charge in [-0.05, 0) is 26.0 Å². The third-order valence-corrected chi connectivity index (χ3v) is 6.68. The molecule has 0 aliphatic carbocycles. The minimum Gasteiger partial charge on any atom is -0.379 e. The highest BCUT2D eigenvalue weighted by atomic mass is 32.2. The Morgan fingerprint density at radius 2 is 1.61 bits per heavy atom. The maximum atomic E-state index is 12.7. The van der Waals surface area contributed by atoms with Gasteiger partial charge < -0.3 is 19.9 Å². The van der Waals surface area contributed by atoms with E-state index in [0.29, 0.717) is 45.9 Å². The average Bonchev–Trinajstić information content (AvgIpc) is 2.79. The molecule has 9 heteroatoms. The predicted octanol–water partition coefficient (Wildman–Crippen LogP) is 1.06. The number of nitrogens with zero attached hydrogens (tertiary/aromatic N) is 3. The maximum Gasteiger partial charge on any atom is 0.236 e. The zero-order chi connectivity index (χ0) is 22.2. The Bertz CT molecular complexity index is 759. The molecule has 0 bridgehead atoms. The van der Waals surface area contributed by atoms with E-state index < -0.39 is 0 Å². The summed E-state index contributed by atoms with van der Waals surface area (Å²) in [4.78, 5) is 43.2. The number of hydrogen-bond acceptors (Lipinski definition) is 6. The number of nitrogens with one attached hydrogen (secondary N) is 1. The molecule has 0 spiro atoms. The topological polar surface area (TPSA) is 82.2 Å². The molecule has 2 fully saturated rings. The lowest BCUT2D eigenvalue weighted by Gasteiger charge is -2.37. The Morgan fingerprint density at radius 3 is 2.26 bits per heavy atom. The summed E-state index contributed by atoms with van der Waals surface area (Å²) in [5, 5.41) is 2.55. The van der Waals surface area contributed by atoms with E-state index in [9.17, 15) is 14.4 Å². The summed E-state index contributed by atoms with van der Waals surface area (Å²) in [6.07, 6.45) is 0. The lowest BCUT2D eigenvalue weighted by Crippen LogP contribution is -2.54. The van der Waals surface area contributed by atoms with Crippen LogP contribution in [0.25, 0.3) is 0 Å². The van der Waals surface area contributed by atoms with Gasteiger partial charge in [0.05, 0.1) is 30.8 Å². The average molecular weight is 449 g/mol. The number of morpholine rings is 1. The number of thioether (sulfide) groups is 1. The SMILES string of the molecule is Cc1ccc(NC(=O)CSC(C)C(=O)N2CCN(C(=O)CN3CCOCC3)CC2)cc1. The minimum atomic E-state index is -0.306. The van der Waals surface area contributed by atoms with Crippen LogP contribution in [0, 0.1) is 6.92 Å². The fourth-order valence-electron chi connectivity index (χ4n) is 3.59. The molecule has 2 saturated heterocycles. The van der Waals surface area contributed by atoms with E-state index in [2.05, 4.69) is 10.2 Å². The molecule has 0 saturated carbocycles. The van der Waals surface area contributed by atoms with Crippen molar-refractivity contribution in [3.63, 3.8) is 0 Å². The van der Waals surface area contributed by atoms with Crippen LogP contribution in [-0.2, 0) is 19.1 Å². The second-order valence-electron chi connectivity index (χ2n) is 7.96. The molecule has 170 valence electrons. The van der Waals surface area contributed by atoms with Crippen LogP contribution in [-0.4, -0.2) is 102 Å². The number of ether oxygens (including phenoxy) is 1. The molecular formula is C22H32N4O4S. The van der Waals surface area contributed by atoms with E-state index in [1.807, 2.05) is 43.0 Å². The van der Waals surface area contributed by atoms with Crippen LogP contribution in [0.15, 0.2) is 24.3 Å². The summed E-state index contributed by atoms with van der Waals surface area (Å²) < 4.78 is 5.32. The van der Waals surface area contributed by atoms with Gasteiger partial charge in [0, 0.05) is 45.0 Å². The Morgan fingerprint density at radius 1 is 1.00 bits per heavy atom. The van der Waals surface area contributed by atoms with Gasteiger partial charge in [-0.2, -0.15) is 0 Å². The van der Waals surface area contributed by atoms with E-state index >= 15 is 0 Å². The summed E-state index contributed by atoms with van der Waals surface area (Å²) in [5.41, 5.74) is 1.89. The summed E-state index contributed by atoms with van der Waals surface area (Å²) >= 11 is 1.34. The molecule has 0 radical (unpaired) electrons. The first-order chi connectivity index (χ1) is 14.9. The van der Waals surface area contributed by atoms with Crippen LogP contribution in [0.5, 0.6) is 0 Å². The Labute approximate surface area is 188 Å². The van der Waals surface area contributed by atoms with Crippen molar-refractivity contribution in [2.45, 2.75) is 19.1 Å². The van der Waals surface area contributed by atoms with Crippen LogP contribution >= 0.6 is 11.8 Å². The van der Waals surface area contributed by atoms with Gasteiger partial charge in [0.2, 0.25) is 17.7 Å². The van der Waals surface area contributed by atoms with Gasteiger partial charge in [0.15, 0.2) is 0 Å². The molecule has 1 aromatic rings. The van der Waals surface area contributed by atoms with Crippen molar-refractivity contribution in [2.75, 3.05) is 70.1 Å². The standard InChI is InChI=1S/C22H32N4O4S/c1-17-3-5-19(6-4-17)23-20(27)16-31-18(2)22(29)26-9-7-25(8-10-26)21(28)15-24-11-13-30-14-12-24/h3-6,18H,7-16H2,1-2H3,(H,23,27). The highest BCUT2D eigenvalue weighted by molar-refractivity contribution is 8.01. The van der Waals surface area contributed by atoms with E-state index in [1.54, 1.807) is 4.90 Å². The number of piperazine rings is 1. The van der Waals surface area contributed by atoms with Crippen LogP contribution in [0.4, 0.5) is 5.69 Å². The normalized spacial score (nSPS) is 18.5. The number of amides is 3. The van der Waals surface area contributed by atoms with Crippen molar-refractivity contribution in [3.8, 4) is 0 Å². The smallest absolute Gasteiger partial charge is 0.236 e. The largest absolute Gasteiger partial charge is 0.379 e. The fraction of sp³-hybridized carbons (Fsp3) is 0.591. The van der Waals surface area contributed by atoms with Gasteiger partial charge in [-0.1, -0.05) is 17.7 Å². The first-order valence-electron chi connectivity index (χ1n) is 10.8. The molecule has 8 nitrogen and oxygen atoms in total. The second-order valence-corrected chi connectivity index (χ2v) is 9.29. The Hall–Kier alpha value is -2.10. The molecule has 0 aromatic heterocycles. The molecule has 2 aliphatic rings. The molecule has 1 N–H and O–H groups in total. The maximum absolute atomic E-state index is 12.7. The quantitative estimate of drug-likeness (QED) is 0.672. The van der Waals surface area contributed by atoms with Gasteiger partial charge in [0.1, 0.15) is 0 Å². The fourth-order valence-corrected chi connectivity index (χ4v) is 4.36. The highest BCUT2D eigenvalue weighted by Gasteiger charge is 2.28. The zero-order valence-electron chi connectivity index (χ0n) is 18.3. The van der Waals surface area contributed by atoms with Crippen molar-refractivity contribution >= 4 is 35.2 Å². The first-order valence-corrected chi connectivity index (χ1v) is 11.8. The Balaban J connectivity index is 1.36. The summed E-state index contributed by atoms with van der Waals surface area (Å²) in [5.74, 6) is 0.239. The van der Waals surface area contributed by atoms with Crippen molar-refractivity contribution in [1.29, 1.82) is 0 Å². The number of benzene rings is 1. The van der Waals surface area contributed by atoms with Crippen molar-refractivity contribution < 1.29 is 19.1 Å². The number of carbonyl (C=O) groups is 3. The third-order valence-electron chi connectivity index (χ3n) is 5.55. The number of anilines is 1. The summed E-state index contributed by atoms with van der Waals surface area (Å²) in [7, 11) is 0. The number of aryl methyl sites for hydroxylation is 1. The molecule has 1 atom stereocenters. The summed E-state index contributed by atoms with van der Waals surface area (Å²) in [6, 6.07) is 7.62. The van der Waals surface area contributed by atoms with Crippen molar-refractivity contribution in [1.82, 2.24) is 14.7 Å². The number of carbonyl (C=O) groups excluding carboxylic acids is 3. The zero-order valence-corrected chi connectivity index (χ0v) is 19.2. The molecular weight excluding hydrogens is 416 g/mol. The Kier molecular flexibility index (Phi) is 8.74. The molecule has 3 amide bonds. The predicted molar refractivity (Wildman–Crippen MR) is 122 cm³/mol. The van der Waals surface area contributed by atoms with Gasteiger partial charge >= 0.3 is 0 Å². The van der Waals surface area contributed by atoms with E-state index in [1.165, 1.54) is 11.8 Å². The lowest BCUT2D eigenvalue weighted by atomic mass is 10.2. The van der Waals surface area contributed by atoms with Gasteiger partial charge in [-0.3, -0.25) is 19.3 Å². The molecule has 31 heavy (non-hydrogen) atoms. The van der Waals surface area contributed by atoms with Crippen LogP contribution < -0.4 is 5.32 Å². The first kappa shape index (κ1) is 23.6. The van der Waals surface area contributed by atoms with E-state index in [4.69, 9.17) is 4.74 Å². The van der Waals surface area contributed by atoms with E-state index in [-0.39, 0.29) is 28.7 Å². The van der Waals surface area contributed by atoms with Crippen LogP contribution in [0.1, 0.15) is 12.5 Å². The van der Waals surface area contributed by atoms with Crippen molar-refractivity contribution in [2.24, 2.45) is 0 Å². The molecule has 1 unspecified atom stereocenters. The lowest BCUT2D eigenvalue weighted by molar-refractivity contribution is -0.140.